The summed E-state index contributed by atoms with van der Waals surface area (Å²) >= 11 is 3.35. The average Bonchev–Trinajstić information content (AvgIpc) is 2.32. The first-order valence-corrected chi connectivity index (χ1v) is 7.22. The number of morpholine rings is 1. The predicted octanol–water partition coefficient (Wildman–Crippen LogP) is 2.77. The van der Waals surface area contributed by atoms with Crippen LogP contribution in [0.15, 0.2) is 16.6 Å². The second-order valence-electron chi connectivity index (χ2n) is 5.08. The molecule has 0 spiro atoms. The summed E-state index contributed by atoms with van der Waals surface area (Å²) in [7, 11) is 1.56. The summed E-state index contributed by atoms with van der Waals surface area (Å²) in [5, 5.41) is 9.81. The third kappa shape index (κ3) is 3.61. The van der Waals surface area contributed by atoms with E-state index in [-0.39, 0.29) is 18.0 Å². The molecular formula is C14H20BrNO3. The quantitative estimate of drug-likeness (QED) is 0.925. The van der Waals surface area contributed by atoms with Gasteiger partial charge >= 0.3 is 0 Å². The van der Waals surface area contributed by atoms with Gasteiger partial charge in [0, 0.05) is 19.6 Å². The molecule has 106 valence electrons. The van der Waals surface area contributed by atoms with E-state index in [1.54, 1.807) is 7.11 Å². The van der Waals surface area contributed by atoms with E-state index in [4.69, 9.17) is 9.47 Å². The largest absolute Gasteiger partial charge is 0.503 e. The Morgan fingerprint density at radius 1 is 1.37 bits per heavy atom. The zero-order valence-electron chi connectivity index (χ0n) is 11.5. The monoisotopic (exact) mass is 329 g/mol. The Hall–Kier alpha value is -0.780. The van der Waals surface area contributed by atoms with Crippen molar-refractivity contribution in [1.82, 2.24) is 4.90 Å². The van der Waals surface area contributed by atoms with E-state index in [0.717, 1.165) is 25.2 Å². The van der Waals surface area contributed by atoms with Crippen LogP contribution in [-0.4, -0.2) is 42.4 Å². The van der Waals surface area contributed by atoms with E-state index in [1.807, 2.05) is 12.1 Å². The Labute approximate surface area is 122 Å². The van der Waals surface area contributed by atoms with Gasteiger partial charge in [-0.05, 0) is 47.5 Å². The number of methoxy groups -OCH3 is 1. The standard InChI is InChI=1S/C14H20BrNO3/c1-9-6-16(7-10(2)19-9)8-11-4-12(15)14(17)13(5-11)18-3/h4-5,9-10,17H,6-8H2,1-3H3/t9-,10+. The molecule has 0 radical (unpaired) electrons. The van der Waals surface area contributed by atoms with Crippen LogP contribution in [0.1, 0.15) is 19.4 Å². The Balaban J connectivity index is 2.12. The minimum Gasteiger partial charge on any atom is -0.503 e. The summed E-state index contributed by atoms with van der Waals surface area (Å²) in [6.07, 6.45) is 0.511. The Kier molecular flexibility index (Phi) is 4.71. The number of benzene rings is 1. The summed E-state index contributed by atoms with van der Waals surface area (Å²) < 4.78 is 11.6. The molecule has 4 nitrogen and oxygen atoms in total. The molecule has 2 atom stereocenters. The lowest BCUT2D eigenvalue weighted by Crippen LogP contribution is -2.44. The molecule has 1 aromatic rings. The van der Waals surface area contributed by atoms with E-state index < -0.39 is 0 Å². The lowest BCUT2D eigenvalue weighted by atomic mass is 10.1. The van der Waals surface area contributed by atoms with Crippen LogP contribution in [0.3, 0.4) is 0 Å². The van der Waals surface area contributed by atoms with Crippen LogP contribution in [0.4, 0.5) is 0 Å². The van der Waals surface area contributed by atoms with E-state index in [9.17, 15) is 5.11 Å². The fourth-order valence-corrected chi connectivity index (χ4v) is 3.04. The maximum Gasteiger partial charge on any atom is 0.172 e. The zero-order chi connectivity index (χ0) is 14.0. The highest BCUT2D eigenvalue weighted by molar-refractivity contribution is 9.10. The van der Waals surface area contributed by atoms with Crippen LogP contribution >= 0.6 is 15.9 Å². The van der Waals surface area contributed by atoms with Gasteiger partial charge in [0.15, 0.2) is 11.5 Å². The van der Waals surface area contributed by atoms with E-state index in [0.29, 0.717) is 10.2 Å². The van der Waals surface area contributed by atoms with Gasteiger partial charge in [-0.15, -0.1) is 0 Å². The molecule has 1 aliphatic rings. The first kappa shape index (κ1) is 14.6. The van der Waals surface area contributed by atoms with Gasteiger partial charge in [-0.3, -0.25) is 4.90 Å². The van der Waals surface area contributed by atoms with Gasteiger partial charge in [-0.25, -0.2) is 0 Å². The molecule has 0 unspecified atom stereocenters. The van der Waals surface area contributed by atoms with E-state index >= 15 is 0 Å². The molecule has 5 heteroatoms. The normalized spacial score (nSPS) is 24.4. The minimum atomic E-state index is 0.148. The van der Waals surface area contributed by atoms with Crippen molar-refractivity contribution in [2.24, 2.45) is 0 Å². The highest BCUT2D eigenvalue weighted by Crippen LogP contribution is 2.35. The van der Waals surface area contributed by atoms with Gasteiger partial charge in [-0.1, -0.05) is 0 Å². The van der Waals surface area contributed by atoms with Gasteiger partial charge in [0.05, 0.1) is 23.8 Å². The van der Waals surface area contributed by atoms with E-state index in [1.165, 1.54) is 0 Å². The second-order valence-corrected chi connectivity index (χ2v) is 5.93. The smallest absolute Gasteiger partial charge is 0.172 e. The second kappa shape index (κ2) is 6.11. The topological polar surface area (TPSA) is 41.9 Å². The highest BCUT2D eigenvalue weighted by Gasteiger charge is 2.22. The van der Waals surface area contributed by atoms with Crippen molar-refractivity contribution in [3.05, 3.63) is 22.2 Å². The molecule has 0 aromatic heterocycles. The fraction of sp³-hybridized carbons (Fsp3) is 0.571. The van der Waals surface area contributed by atoms with Crippen molar-refractivity contribution in [2.75, 3.05) is 20.2 Å². The maximum atomic E-state index is 9.81. The highest BCUT2D eigenvalue weighted by atomic mass is 79.9. The van der Waals surface area contributed by atoms with Crippen LogP contribution in [0.25, 0.3) is 0 Å². The van der Waals surface area contributed by atoms with Gasteiger partial charge in [0.25, 0.3) is 0 Å². The molecule has 1 aliphatic heterocycles. The number of phenols is 1. The van der Waals surface area contributed by atoms with Crippen molar-refractivity contribution in [3.8, 4) is 11.5 Å². The molecule has 1 saturated heterocycles. The first-order chi connectivity index (χ1) is 8.99. The van der Waals surface area contributed by atoms with Gasteiger partial charge in [0.1, 0.15) is 0 Å². The van der Waals surface area contributed by atoms with Gasteiger partial charge in [0.2, 0.25) is 0 Å². The van der Waals surface area contributed by atoms with E-state index in [2.05, 4.69) is 34.7 Å². The lowest BCUT2D eigenvalue weighted by molar-refractivity contribution is -0.0705. The number of halogens is 1. The fourth-order valence-electron chi connectivity index (χ4n) is 2.55. The summed E-state index contributed by atoms with van der Waals surface area (Å²) in [5.74, 6) is 0.647. The van der Waals surface area contributed by atoms with Crippen LogP contribution in [0.2, 0.25) is 0 Å². The number of nitrogens with zero attached hydrogens (tertiary/aromatic N) is 1. The molecule has 19 heavy (non-hydrogen) atoms. The molecule has 0 saturated carbocycles. The third-order valence-electron chi connectivity index (χ3n) is 3.21. The number of rotatable bonds is 3. The number of hydrogen-bond acceptors (Lipinski definition) is 4. The Morgan fingerprint density at radius 2 is 2.00 bits per heavy atom. The first-order valence-electron chi connectivity index (χ1n) is 6.42. The van der Waals surface area contributed by atoms with Crippen LogP contribution in [-0.2, 0) is 11.3 Å². The molecule has 0 amide bonds. The third-order valence-corrected chi connectivity index (χ3v) is 3.81. The Morgan fingerprint density at radius 3 is 2.58 bits per heavy atom. The average molecular weight is 330 g/mol. The van der Waals surface area contributed by atoms with Crippen molar-refractivity contribution < 1.29 is 14.6 Å². The predicted molar refractivity (Wildman–Crippen MR) is 77.6 cm³/mol. The minimum absolute atomic E-state index is 0.148. The number of phenolic OH excluding ortho intramolecular Hbond substituents is 1. The Bertz CT molecular complexity index is 443. The molecular weight excluding hydrogens is 310 g/mol. The van der Waals surface area contributed by atoms with Crippen LogP contribution in [0, 0.1) is 0 Å². The van der Waals surface area contributed by atoms with Gasteiger partial charge < -0.3 is 14.6 Å². The number of aromatic hydroxyl groups is 1. The summed E-state index contributed by atoms with van der Waals surface area (Å²) in [6, 6.07) is 3.81. The van der Waals surface area contributed by atoms with Crippen molar-refractivity contribution in [2.45, 2.75) is 32.6 Å². The lowest BCUT2D eigenvalue weighted by Gasteiger charge is -2.35. The van der Waals surface area contributed by atoms with Crippen molar-refractivity contribution >= 4 is 15.9 Å². The molecule has 0 aliphatic carbocycles. The summed E-state index contributed by atoms with van der Waals surface area (Å²) in [5.41, 5.74) is 1.11. The van der Waals surface area contributed by atoms with Crippen molar-refractivity contribution in [3.63, 3.8) is 0 Å². The summed E-state index contributed by atoms with van der Waals surface area (Å²) in [4.78, 5) is 2.36. The molecule has 1 aromatic carbocycles. The molecule has 1 fully saturated rings. The van der Waals surface area contributed by atoms with Crippen LogP contribution in [0.5, 0.6) is 11.5 Å². The number of ether oxygens (including phenoxy) is 2. The summed E-state index contributed by atoms with van der Waals surface area (Å²) in [6.45, 7) is 6.86. The molecule has 2 rings (SSSR count). The van der Waals surface area contributed by atoms with Gasteiger partial charge in [-0.2, -0.15) is 0 Å². The number of hydrogen-bond donors (Lipinski definition) is 1. The van der Waals surface area contributed by atoms with Crippen molar-refractivity contribution in [1.29, 1.82) is 0 Å². The maximum absolute atomic E-state index is 9.81. The zero-order valence-corrected chi connectivity index (χ0v) is 13.1. The molecule has 1 heterocycles. The van der Waals surface area contributed by atoms with Crippen LogP contribution < -0.4 is 4.74 Å². The molecule has 0 bridgehead atoms. The SMILES string of the molecule is COc1cc(CN2C[C@@H](C)O[C@@H](C)C2)cc(Br)c1O. The molecule has 1 N–H and O–H groups in total.